The van der Waals surface area contributed by atoms with E-state index in [2.05, 4.69) is 26.0 Å². The molecule has 5 heteroatoms. The Balaban J connectivity index is 2.00. The average molecular weight is 258 g/mol. The average Bonchev–Trinajstić information content (AvgIpc) is 2.53. The third-order valence-electron chi connectivity index (χ3n) is 1.62. The number of nitrogens with zero attached hydrogens (tertiary/aromatic N) is 3. The van der Waals surface area contributed by atoms with Gasteiger partial charge in [-0.25, -0.2) is 0 Å². The van der Waals surface area contributed by atoms with Crippen molar-refractivity contribution in [3.63, 3.8) is 0 Å². The van der Waals surface area contributed by atoms with E-state index in [4.69, 9.17) is 0 Å². The second-order valence-corrected chi connectivity index (χ2v) is 4.82. The topological polar surface area (TPSA) is 28.5 Å². The first-order valence-corrected chi connectivity index (χ1v) is 5.64. The van der Waals surface area contributed by atoms with Crippen LogP contribution in [-0.2, 0) is 6.54 Å². The van der Waals surface area contributed by atoms with Crippen molar-refractivity contribution in [2.45, 2.75) is 6.54 Å². The molecule has 0 aliphatic carbocycles. The van der Waals surface area contributed by atoms with Gasteiger partial charge in [0.15, 0.2) is 3.95 Å². The van der Waals surface area contributed by atoms with E-state index in [1.165, 1.54) is 0 Å². The number of pyridine rings is 1. The van der Waals surface area contributed by atoms with Gasteiger partial charge in [0.2, 0.25) is 0 Å². The molecule has 0 aromatic carbocycles. The lowest BCUT2D eigenvalue weighted by atomic mass is 10.3. The number of hydrogen-bond donors (Lipinski definition) is 0. The van der Waals surface area contributed by atoms with Crippen molar-refractivity contribution in [2.24, 2.45) is 5.10 Å². The molecule has 0 N–H and O–H groups in total. The van der Waals surface area contributed by atoms with Gasteiger partial charge in [-0.3, -0.25) is 9.99 Å². The SMILES string of the molecule is BrC1=NN(Cc2ccccn2)CS1. The van der Waals surface area contributed by atoms with Crippen LogP contribution in [0.25, 0.3) is 0 Å². The molecule has 0 spiro atoms. The van der Waals surface area contributed by atoms with Crippen LogP contribution >= 0.6 is 27.7 Å². The van der Waals surface area contributed by atoms with Gasteiger partial charge in [-0.1, -0.05) is 17.8 Å². The zero-order chi connectivity index (χ0) is 9.10. The number of aromatic nitrogens is 1. The first-order chi connectivity index (χ1) is 6.34. The molecule has 3 nitrogen and oxygen atoms in total. The van der Waals surface area contributed by atoms with Crippen LogP contribution in [0.1, 0.15) is 5.69 Å². The number of thioether (sulfide) groups is 1. The minimum Gasteiger partial charge on any atom is -0.279 e. The van der Waals surface area contributed by atoms with Crippen LogP contribution in [0.5, 0.6) is 0 Å². The maximum absolute atomic E-state index is 4.27. The highest BCUT2D eigenvalue weighted by Crippen LogP contribution is 2.21. The summed E-state index contributed by atoms with van der Waals surface area (Å²) in [7, 11) is 0. The number of halogens is 1. The fourth-order valence-corrected chi connectivity index (χ4v) is 2.17. The van der Waals surface area contributed by atoms with Crippen LogP contribution in [0.15, 0.2) is 29.5 Å². The van der Waals surface area contributed by atoms with Gasteiger partial charge in [-0.05, 0) is 28.1 Å². The van der Waals surface area contributed by atoms with Crippen molar-refractivity contribution in [1.82, 2.24) is 9.99 Å². The van der Waals surface area contributed by atoms with E-state index in [1.807, 2.05) is 23.2 Å². The van der Waals surface area contributed by atoms with Gasteiger partial charge in [-0.15, -0.1) is 0 Å². The molecule has 1 aliphatic rings. The summed E-state index contributed by atoms with van der Waals surface area (Å²) in [5.74, 6) is 0.900. The van der Waals surface area contributed by atoms with E-state index in [-0.39, 0.29) is 0 Å². The van der Waals surface area contributed by atoms with Crippen LogP contribution in [0, 0.1) is 0 Å². The van der Waals surface area contributed by atoms with Gasteiger partial charge >= 0.3 is 0 Å². The van der Waals surface area contributed by atoms with Crippen LogP contribution in [0.4, 0.5) is 0 Å². The monoisotopic (exact) mass is 257 g/mol. The van der Waals surface area contributed by atoms with Crippen molar-refractivity contribution in [2.75, 3.05) is 5.88 Å². The normalized spacial score (nSPS) is 16.1. The van der Waals surface area contributed by atoms with Gasteiger partial charge in [-0.2, -0.15) is 5.10 Å². The highest BCUT2D eigenvalue weighted by Gasteiger charge is 2.12. The lowest BCUT2D eigenvalue weighted by molar-refractivity contribution is 0.336. The molecular weight excluding hydrogens is 250 g/mol. The lowest BCUT2D eigenvalue weighted by Crippen LogP contribution is -2.12. The molecule has 0 unspecified atom stereocenters. The number of hydrazone groups is 1. The fourth-order valence-electron chi connectivity index (χ4n) is 1.06. The Kier molecular flexibility index (Phi) is 2.85. The third kappa shape index (κ3) is 2.45. The van der Waals surface area contributed by atoms with Crippen LogP contribution in [0.3, 0.4) is 0 Å². The van der Waals surface area contributed by atoms with E-state index in [0.717, 1.165) is 22.1 Å². The summed E-state index contributed by atoms with van der Waals surface area (Å²) < 4.78 is 0.948. The predicted molar refractivity (Wildman–Crippen MR) is 58.6 cm³/mol. The molecule has 0 saturated heterocycles. The Hall–Kier alpha value is -0.550. The van der Waals surface area contributed by atoms with Crippen molar-refractivity contribution in [3.8, 4) is 0 Å². The third-order valence-corrected chi connectivity index (χ3v) is 3.22. The zero-order valence-electron chi connectivity index (χ0n) is 6.85. The summed E-state index contributed by atoms with van der Waals surface area (Å²) in [6, 6.07) is 5.91. The summed E-state index contributed by atoms with van der Waals surface area (Å²) in [4.78, 5) is 4.23. The second-order valence-electron chi connectivity index (χ2n) is 2.61. The maximum Gasteiger partial charge on any atom is 0.161 e. The summed E-state index contributed by atoms with van der Waals surface area (Å²) >= 11 is 5.03. The Morgan fingerprint density at radius 2 is 2.46 bits per heavy atom. The smallest absolute Gasteiger partial charge is 0.161 e. The minimum atomic E-state index is 0.781. The van der Waals surface area contributed by atoms with Crippen molar-refractivity contribution >= 4 is 31.6 Å². The van der Waals surface area contributed by atoms with Gasteiger partial charge < -0.3 is 0 Å². The zero-order valence-corrected chi connectivity index (χ0v) is 9.25. The standard InChI is InChI=1S/C8H8BrN3S/c9-8-11-12(6-13-8)5-7-3-1-2-4-10-7/h1-4H,5-6H2. The second kappa shape index (κ2) is 4.11. The first-order valence-electron chi connectivity index (χ1n) is 3.86. The van der Waals surface area contributed by atoms with Gasteiger partial charge in [0.25, 0.3) is 0 Å². The molecule has 2 heterocycles. The molecule has 2 rings (SSSR count). The molecule has 0 radical (unpaired) electrons. The summed E-state index contributed by atoms with van der Waals surface area (Å²) in [5, 5.41) is 6.26. The predicted octanol–water partition coefficient (Wildman–Crippen LogP) is 2.25. The lowest BCUT2D eigenvalue weighted by Gasteiger charge is -2.10. The van der Waals surface area contributed by atoms with Gasteiger partial charge in [0.05, 0.1) is 18.1 Å². The van der Waals surface area contributed by atoms with E-state index in [0.29, 0.717) is 0 Å². The van der Waals surface area contributed by atoms with E-state index in [9.17, 15) is 0 Å². The van der Waals surface area contributed by atoms with Crippen molar-refractivity contribution in [3.05, 3.63) is 30.1 Å². The van der Waals surface area contributed by atoms with Crippen LogP contribution in [0.2, 0.25) is 0 Å². The van der Waals surface area contributed by atoms with Crippen LogP contribution < -0.4 is 0 Å². The molecular formula is C8H8BrN3S. The molecule has 0 saturated carbocycles. The summed E-state index contributed by atoms with van der Waals surface area (Å²) in [5.41, 5.74) is 1.05. The Labute approximate surface area is 89.4 Å². The molecule has 13 heavy (non-hydrogen) atoms. The van der Waals surface area contributed by atoms with Crippen molar-refractivity contribution < 1.29 is 0 Å². The highest BCUT2D eigenvalue weighted by molar-refractivity contribution is 9.22. The van der Waals surface area contributed by atoms with Crippen LogP contribution in [-0.4, -0.2) is 19.8 Å². The first kappa shape index (κ1) is 9.02. The van der Waals surface area contributed by atoms with E-state index < -0.39 is 0 Å². The van der Waals surface area contributed by atoms with Crippen molar-refractivity contribution in [1.29, 1.82) is 0 Å². The Bertz CT molecular complexity index is 314. The van der Waals surface area contributed by atoms with E-state index >= 15 is 0 Å². The maximum atomic E-state index is 4.27. The molecule has 1 aliphatic heterocycles. The summed E-state index contributed by atoms with van der Waals surface area (Å²) in [6.45, 7) is 0.781. The molecule has 0 amide bonds. The molecule has 0 fully saturated rings. The molecule has 1 aromatic rings. The Morgan fingerprint density at radius 1 is 1.54 bits per heavy atom. The summed E-state index contributed by atoms with van der Waals surface area (Å²) in [6.07, 6.45) is 1.80. The number of rotatable bonds is 2. The van der Waals surface area contributed by atoms with E-state index in [1.54, 1.807) is 18.0 Å². The molecule has 0 bridgehead atoms. The quantitative estimate of drug-likeness (QED) is 0.814. The molecule has 68 valence electrons. The highest BCUT2D eigenvalue weighted by atomic mass is 79.9. The van der Waals surface area contributed by atoms with Gasteiger partial charge in [0, 0.05) is 6.20 Å². The number of hydrogen-bond acceptors (Lipinski definition) is 4. The van der Waals surface area contributed by atoms with Gasteiger partial charge in [0.1, 0.15) is 0 Å². The molecule has 0 atom stereocenters. The Morgan fingerprint density at radius 3 is 3.08 bits per heavy atom. The fraction of sp³-hybridized carbons (Fsp3) is 0.250. The largest absolute Gasteiger partial charge is 0.279 e. The minimum absolute atomic E-state index is 0.781. The molecule has 1 aromatic heterocycles.